The van der Waals surface area contributed by atoms with E-state index in [0.717, 1.165) is 49.2 Å². The second-order valence-electron chi connectivity index (χ2n) is 10.6. The lowest BCUT2D eigenvalue weighted by Crippen LogP contribution is -2.54. The summed E-state index contributed by atoms with van der Waals surface area (Å²) in [7, 11) is 2.17. The lowest BCUT2D eigenvalue weighted by molar-refractivity contribution is 0.0475. The van der Waals surface area contributed by atoms with Crippen LogP contribution in [0.15, 0.2) is 48.7 Å². The molecule has 4 heterocycles. The molecule has 208 valence electrons. The monoisotopic (exact) mass is 547 g/mol. The Morgan fingerprint density at radius 1 is 0.975 bits per heavy atom. The van der Waals surface area contributed by atoms with Gasteiger partial charge in [-0.05, 0) is 69.4 Å². The van der Waals surface area contributed by atoms with Crippen LogP contribution < -0.4 is 5.32 Å². The maximum absolute atomic E-state index is 14.1. The van der Waals surface area contributed by atoms with E-state index in [1.807, 2.05) is 29.2 Å². The molecule has 0 bridgehead atoms. The fourth-order valence-corrected chi connectivity index (χ4v) is 5.72. The zero-order valence-corrected chi connectivity index (χ0v) is 22.2. The van der Waals surface area contributed by atoms with E-state index >= 15 is 0 Å². The predicted molar refractivity (Wildman–Crippen MR) is 148 cm³/mol. The maximum atomic E-state index is 14.1. The molecule has 0 radical (unpaired) electrons. The number of aromatic nitrogens is 3. The molecule has 11 heteroatoms. The van der Waals surface area contributed by atoms with Gasteiger partial charge < -0.3 is 20.1 Å². The number of likely N-dealkylation sites (tertiary alicyclic amines) is 1. The van der Waals surface area contributed by atoms with Crippen LogP contribution in [0.3, 0.4) is 0 Å². The molecule has 2 aromatic carbocycles. The topological polar surface area (TPSA) is 100 Å². The highest BCUT2D eigenvalue weighted by Crippen LogP contribution is 2.30. The number of rotatable bonds is 5. The smallest absolute Gasteiger partial charge is 0.261 e. The van der Waals surface area contributed by atoms with Gasteiger partial charge in [0.05, 0.1) is 17.6 Å². The first-order valence-electron chi connectivity index (χ1n) is 13.5. The van der Waals surface area contributed by atoms with E-state index in [9.17, 15) is 18.4 Å². The number of piperazine rings is 1. The third kappa shape index (κ3) is 5.09. The number of anilines is 1. The van der Waals surface area contributed by atoms with Gasteiger partial charge in [-0.1, -0.05) is 6.07 Å². The minimum Gasteiger partial charge on any atom is -0.353 e. The fourth-order valence-electron chi connectivity index (χ4n) is 5.72. The summed E-state index contributed by atoms with van der Waals surface area (Å²) in [5.74, 6) is -2.81. The van der Waals surface area contributed by atoms with Gasteiger partial charge in [-0.2, -0.15) is 5.10 Å². The van der Waals surface area contributed by atoms with Crippen LogP contribution in [0.2, 0.25) is 0 Å². The van der Waals surface area contributed by atoms with Crippen molar-refractivity contribution in [3.63, 3.8) is 0 Å². The number of nitrogens with one attached hydrogen (secondary N) is 3. The van der Waals surface area contributed by atoms with E-state index in [2.05, 4.69) is 37.3 Å². The van der Waals surface area contributed by atoms with Crippen molar-refractivity contribution in [2.45, 2.75) is 18.9 Å². The molecule has 0 spiro atoms. The van der Waals surface area contributed by atoms with Crippen LogP contribution in [0.4, 0.5) is 14.5 Å². The number of aromatic amines is 2. The molecule has 2 fully saturated rings. The van der Waals surface area contributed by atoms with Crippen molar-refractivity contribution >= 4 is 28.4 Å². The maximum Gasteiger partial charge on any atom is 0.261 e. The van der Waals surface area contributed by atoms with Crippen molar-refractivity contribution < 1.29 is 18.4 Å². The molecule has 2 aliphatic rings. The van der Waals surface area contributed by atoms with Gasteiger partial charge >= 0.3 is 0 Å². The van der Waals surface area contributed by atoms with E-state index in [1.54, 1.807) is 0 Å². The molecule has 2 saturated heterocycles. The average Bonchev–Trinajstić information content (AvgIpc) is 3.59. The summed E-state index contributed by atoms with van der Waals surface area (Å²) >= 11 is 0. The Morgan fingerprint density at radius 2 is 1.70 bits per heavy atom. The summed E-state index contributed by atoms with van der Waals surface area (Å²) in [6.45, 7) is 5.45. The Bertz CT molecular complexity index is 1530. The highest BCUT2D eigenvalue weighted by Gasteiger charge is 2.28. The van der Waals surface area contributed by atoms with Crippen LogP contribution in [0, 0.1) is 11.6 Å². The molecule has 6 rings (SSSR count). The number of benzene rings is 2. The SMILES string of the molecule is CN1CCC(N2CCN(C(=O)c3ccc4[nH]c(-c5[nH]ncc5NC(=O)c5c(F)cccc5F)cc4c3)CC2)CC1. The molecule has 0 unspecified atom stereocenters. The molecule has 0 saturated carbocycles. The van der Waals surface area contributed by atoms with Gasteiger partial charge in [0, 0.05) is 48.7 Å². The summed E-state index contributed by atoms with van der Waals surface area (Å²) in [5, 5.41) is 10.2. The highest BCUT2D eigenvalue weighted by molar-refractivity contribution is 6.06. The first-order chi connectivity index (χ1) is 19.4. The number of carbonyl (C=O) groups is 2. The predicted octanol–water partition coefficient (Wildman–Crippen LogP) is 3.94. The third-order valence-corrected chi connectivity index (χ3v) is 8.02. The fraction of sp³-hybridized carbons (Fsp3) is 0.345. The van der Waals surface area contributed by atoms with Crippen molar-refractivity contribution in [3.8, 4) is 11.4 Å². The van der Waals surface area contributed by atoms with Crippen molar-refractivity contribution in [2.75, 3.05) is 51.6 Å². The molecule has 40 heavy (non-hydrogen) atoms. The van der Waals surface area contributed by atoms with Crippen molar-refractivity contribution in [1.29, 1.82) is 0 Å². The minimum atomic E-state index is -0.950. The molecule has 3 N–H and O–H groups in total. The molecular formula is C29H31F2N7O2. The number of amides is 2. The summed E-state index contributed by atoms with van der Waals surface area (Å²) in [5.41, 5.74) is 2.05. The van der Waals surface area contributed by atoms with E-state index in [0.29, 0.717) is 36.1 Å². The van der Waals surface area contributed by atoms with Gasteiger partial charge in [0.15, 0.2) is 0 Å². The van der Waals surface area contributed by atoms with E-state index in [1.165, 1.54) is 25.1 Å². The average molecular weight is 548 g/mol. The number of halogens is 2. The lowest BCUT2D eigenvalue weighted by atomic mass is 10.0. The van der Waals surface area contributed by atoms with Gasteiger partial charge in [0.2, 0.25) is 0 Å². The Kier molecular flexibility index (Phi) is 7.07. The Balaban J connectivity index is 1.15. The molecular weight excluding hydrogens is 516 g/mol. The van der Waals surface area contributed by atoms with Gasteiger partial charge in [-0.15, -0.1) is 0 Å². The van der Waals surface area contributed by atoms with Crippen LogP contribution in [0.25, 0.3) is 22.3 Å². The van der Waals surface area contributed by atoms with E-state index in [4.69, 9.17) is 0 Å². The Hall–Kier alpha value is -4.09. The normalized spacial score (nSPS) is 17.4. The van der Waals surface area contributed by atoms with Crippen molar-refractivity contribution in [2.24, 2.45) is 0 Å². The number of carbonyl (C=O) groups excluding carboxylic acids is 2. The summed E-state index contributed by atoms with van der Waals surface area (Å²) in [6.07, 6.45) is 3.73. The van der Waals surface area contributed by atoms with Crippen molar-refractivity contribution in [3.05, 3.63) is 71.4 Å². The van der Waals surface area contributed by atoms with Gasteiger partial charge in [-0.25, -0.2) is 8.78 Å². The first-order valence-corrected chi connectivity index (χ1v) is 13.5. The Labute approximate surface area is 230 Å². The van der Waals surface area contributed by atoms with Crippen LogP contribution in [-0.4, -0.2) is 94.1 Å². The summed E-state index contributed by atoms with van der Waals surface area (Å²) < 4.78 is 28.2. The van der Waals surface area contributed by atoms with Gasteiger partial charge in [0.25, 0.3) is 11.8 Å². The van der Waals surface area contributed by atoms with Crippen LogP contribution in [-0.2, 0) is 0 Å². The van der Waals surface area contributed by atoms with Crippen LogP contribution in [0.1, 0.15) is 33.6 Å². The lowest BCUT2D eigenvalue weighted by Gasteiger charge is -2.42. The second-order valence-corrected chi connectivity index (χ2v) is 10.6. The minimum absolute atomic E-state index is 0.00841. The zero-order chi connectivity index (χ0) is 27.8. The standard InChI is InChI=1S/C29H31F2N7O2/c1-36-9-7-20(8-10-36)37-11-13-38(14-12-37)29(40)18-5-6-23-19(15-18)16-24(33-23)27-25(17-32-35-27)34-28(39)26-21(30)3-2-4-22(26)31/h2-6,15-17,20,33H,7-14H2,1H3,(H,32,35)(H,34,39). The summed E-state index contributed by atoms with van der Waals surface area (Å²) in [6, 6.07) is 11.2. The van der Waals surface area contributed by atoms with Crippen LogP contribution in [0.5, 0.6) is 0 Å². The number of hydrogen-bond acceptors (Lipinski definition) is 5. The van der Waals surface area contributed by atoms with Crippen LogP contribution >= 0.6 is 0 Å². The third-order valence-electron chi connectivity index (χ3n) is 8.02. The largest absolute Gasteiger partial charge is 0.353 e. The quantitative estimate of drug-likeness (QED) is 0.352. The number of nitrogens with zero attached hydrogens (tertiary/aromatic N) is 4. The van der Waals surface area contributed by atoms with Crippen molar-refractivity contribution in [1.82, 2.24) is 29.9 Å². The highest BCUT2D eigenvalue weighted by atomic mass is 19.1. The summed E-state index contributed by atoms with van der Waals surface area (Å²) in [4.78, 5) is 36.0. The first kappa shape index (κ1) is 26.1. The molecule has 2 amide bonds. The van der Waals surface area contributed by atoms with Gasteiger partial charge in [0.1, 0.15) is 22.9 Å². The number of piperidine rings is 1. The van der Waals surface area contributed by atoms with E-state index in [-0.39, 0.29) is 11.6 Å². The molecule has 0 aliphatic carbocycles. The number of fused-ring (bicyclic) bond motifs is 1. The van der Waals surface area contributed by atoms with Gasteiger partial charge in [-0.3, -0.25) is 19.6 Å². The second kappa shape index (κ2) is 10.8. The number of hydrogen-bond donors (Lipinski definition) is 3. The number of H-pyrrole nitrogens is 2. The molecule has 2 aliphatic heterocycles. The molecule has 2 aromatic heterocycles. The Morgan fingerprint density at radius 3 is 2.42 bits per heavy atom. The molecule has 0 atom stereocenters. The molecule has 9 nitrogen and oxygen atoms in total. The van der Waals surface area contributed by atoms with E-state index < -0.39 is 23.1 Å². The zero-order valence-electron chi connectivity index (χ0n) is 22.2. The molecule has 4 aromatic rings.